The van der Waals surface area contributed by atoms with Crippen molar-refractivity contribution in [2.45, 2.75) is 32.4 Å². The molecule has 0 atom stereocenters. The minimum Gasteiger partial charge on any atom is -0.406 e. The Hall–Kier alpha value is -4.42. The van der Waals surface area contributed by atoms with E-state index in [0.717, 1.165) is 23.0 Å². The normalized spacial score (nSPS) is 14.4. The van der Waals surface area contributed by atoms with E-state index >= 15 is 0 Å². The lowest BCUT2D eigenvalue weighted by Gasteiger charge is -2.37. The third kappa shape index (κ3) is 6.39. The highest BCUT2D eigenvalue weighted by atomic mass is 19.4. The summed E-state index contributed by atoms with van der Waals surface area (Å²) in [4.78, 5) is 21.4. The quantitative estimate of drug-likeness (QED) is 0.265. The van der Waals surface area contributed by atoms with Crippen LogP contribution in [0, 0.1) is 0 Å². The maximum absolute atomic E-state index is 13.5. The molecule has 0 unspecified atom stereocenters. The van der Waals surface area contributed by atoms with Crippen LogP contribution in [0.1, 0.15) is 34.2 Å². The Morgan fingerprint density at radius 1 is 0.881 bits per heavy atom. The van der Waals surface area contributed by atoms with Gasteiger partial charge < -0.3 is 19.9 Å². The number of anilines is 2. The molecule has 1 amide bonds. The molecule has 42 heavy (non-hydrogen) atoms. The predicted molar refractivity (Wildman–Crippen MR) is 145 cm³/mol. The van der Waals surface area contributed by atoms with Crippen LogP contribution in [0.5, 0.6) is 5.75 Å². The molecule has 13 heteroatoms. The van der Waals surface area contributed by atoms with Crippen molar-refractivity contribution in [3.8, 4) is 5.75 Å². The van der Waals surface area contributed by atoms with Gasteiger partial charge in [0.25, 0.3) is 5.91 Å². The molecule has 7 nitrogen and oxygen atoms in total. The standard InChI is InChI=1S/C29H27F6N5O2/c1-2-24-25(40-13-3-4-23(26(40)37-24)28(30,31)32)27(41)36-18-19-5-7-20(8-6-19)38-14-16-39(17-15-38)21-9-11-22(12-10-21)42-29(33,34)35/h3-13H,2,14-18H2,1H3,(H,36,41). The summed E-state index contributed by atoms with van der Waals surface area (Å²) in [5, 5.41) is 2.79. The zero-order chi connectivity index (χ0) is 30.1. The number of nitrogens with one attached hydrogen (secondary N) is 1. The van der Waals surface area contributed by atoms with E-state index in [0.29, 0.717) is 32.6 Å². The van der Waals surface area contributed by atoms with Gasteiger partial charge >= 0.3 is 12.5 Å². The van der Waals surface area contributed by atoms with Gasteiger partial charge in [-0.2, -0.15) is 13.2 Å². The third-order valence-corrected chi connectivity index (χ3v) is 7.05. The summed E-state index contributed by atoms with van der Waals surface area (Å²) >= 11 is 0. The molecule has 0 aliphatic carbocycles. The Bertz CT molecular complexity index is 1540. The Kier molecular flexibility index (Phi) is 7.93. The van der Waals surface area contributed by atoms with Crippen molar-refractivity contribution in [2.24, 2.45) is 0 Å². The van der Waals surface area contributed by atoms with Gasteiger partial charge in [0.1, 0.15) is 17.1 Å². The van der Waals surface area contributed by atoms with Crippen molar-refractivity contribution in [3.63, 3.8) is 0 Å². The van der Waals surface area contributed by atoms with Crippen LogP contribution in [0.3, 0.4) is 0 Å². The fourth-order valence-electron chi connectivity index (χ4n) is 4.99. The summed E-state index contributed by atoms with van der Waals surface area (Å²) < 4.78 is 82.7. The van der Waals surface area contributed by atoms with E-state index in [-0.39, 0.29) is 29.3 Å². The number of aryl methyl sites for hydroxylation is 1. The number of fused-ring (bicyclic) bond motifs is 1. The first-order valence-electron chi connectivity index (χ1n) is 13.2. The smallest absolute Gasteiger partial charge is 0.406 e. The van der Waals surface area contributed by atoms with Gasteiger partial charge in [0, 0.05) is 50.3 Å². The molecule has 2 aromatic heterocycles. The lowest BCUT2D eigenvalue weighted by atomic mass is 10.1. The molecule has 1 N–H and O–H groups in total. The molecule has 0 radical (unpaired) electrons. The van der Waals surface area contributed by atoms with E-state index in [4.69, 9.17) is 0 Å². The first-order valence-corrected chi connectivity index (χ1v) is 13.2. The fourth-order valence-corrected chi connectivity index (χ4v) is 4.99. The number of hydrogen-bond acceptors (Lipinski definition) is 5. The van der Waals surface area contributed by atoms with E-state index in [1.807, 2.05) is 24.3 Å². The third-order valence-electron chi connectivity index (χ3n) is 7.05. The number of ether oxygens (including phenoxy) is 1. The van der Waals surface area contributed by atoms with Gasteiger partial charge in [-0.3, -0.25) is 9.20 Å². The highest BCUT2D eigenvalue weighted by Gasteiger charge is 2.35. The van der Waals surface area contributed by atoms with Crippen LogP contribution < -0.4 is 19.9 Å². The Balaban J connectivity index is 1.18. The van der Waals surface area contributed by atoms with Crippen molar-refractivity contribution in [2.75, 3.05) is 36.0 Å². The summed E-state index contributed by atoms with van der Waals surface area (Å²) in [6.45, 7) is 4.65. The number of carbonyl (C=O) groups excluding carboxylic acids is 1. The maximum atomic E-state index is 13.5. The zero-order valence-corrected chi connectivity index (χ0v) is 22.5. The SMILES string of the molecule is CCc1nc2c(C(F)(F)F)cccn2c1C(=O)NCc1ccc(N2CCN(c3ccc(OC(F)(F)F)cc3)CC2)cc1. The molecule has 1 aliphatic rings. The second kappa shape index (κ2) is 11.5. The van der Waals surface area contributed by atoms with Crippen molar-refractivity contribution >= 4 is 22.9 Å². The molecule has 0 saturated carbocycles. The van der Waals surface area contributed by atoms with E-state index < -0.39 is 24.0 Å². The predicted octanol–water partition coefficient (Wildman–Crippen LogP) is 6.07. The number of pyridine rings is 1. The number of amides is 1. The first kappa shape index (κ1) is 29.1. The Labute approximate surface area is 237 Å². The number of piperazine rings is 1. The van der Waals surface area contributed by atoms with Crippen LogP contribution in [0.25, 0.3) is 5.65 Å². The average molecular weight is 592 g/mol. The molecule has 2 aromatic carbocycles. The van der Waals surface area contributed by atoms with Gasteiger partial charge in [0.2, 0.25) is 0 Å². The highest BCUT2D eigenvalue weighted by Crippen LogP contribution is 2.33. The number of alkyl halides is 6. The summed E-state index contributed by atoms with van der Waals surface area (Å²) in [6, 6.07) is 15.6. The molecule has 1 fully saturated rings. The summed E-state index contributed by atoms with van der Waals surface area (Å²) in [7, 11) is 0. The second-order valence-corrected chi connectivity index (χ2v) is 9.74. The molecule has 0 bridgehead atoms. The molecule has 3 heterocycles. The van der Waals surface area contributed by atoms with Crippen molar-refractivity contribution in [1.29, 1.82) is 0 Å². The largest absolute Gasteiger partial charge is 0.573 e. The number of hydrogen-bond donors (Lipinski definition) is 1. The number of imidazole rings is 1. The molecule has 1 aliphatic heterocycles. The van der Waals surface area contributed by atoms with Gasteiger partial charge in [-0.15, -0.1) is 13.2 Å². The molecule has 0 spiro atoms. The molecular formula is C29H27F6N5O2. The van der Waals surface area contributed by atoms with Crippen molar-refractivity contribution in [3.05, 3.63) is 89.4 Å². The Morgan fingerprint density at radius 2 is 1.45 bits per heavy atom. The number of nitrogens with zero attached hydrogens (tertiary/aromatic N) is 4. The van der Waals surface area contributed by atoms with E-state index in [9.17, 15) is 31.1 Å². The maximum Gasteiger partial charge on any atom is 0.573 e. The van der Waals surface area contributed by atoms with Crippen LogP contribution >= 0.6 is 0 Å². The van der Waals surface area contributed by atoms with Gasteiger partial charge in [0.05, 0.1) is 11.3 Å². The number of halogens is 6. The minimum absolute atomic E-state index is 0.0793. The zero-order valence-electron chi connectivity index (χ0n) is 22.5. The molecule has 5 rings (SSSR count). The summed E-state index contributed by atoms with van der Waals surface area (Å²) in [6.07, 6.45) is -7.63. The monoisotopic (exact) mass is 591 g/mol. The van der Waals surface area contributed by atoms with Gasteiger partial charge in [-0.1, -0.05) is 19.1 Å². The Morgan fingerprint density at radius 3 is 1.98 bits per heavy atom. The molecular weight excluding hydrogens is 564 g/mol. The van der Waals surface area contributed by atoms with Gasteiger partial charge in [0.15, 0.2) is 0 Å². The van der Waals surface area contributed by atoms with E-state index in [1.54, 1.807) is 19.1 Å². The molecule has 1 saturated heterocycles. The number of aromatic nitrogens is 2. The summed E-state index contributed by atoms with van der Waals surface area (Å²) in [5.74, 6) is -0.780. The lowest BCUT2D eigenvalue weighted by molar-refractivity contribution is -0.274. The minimum atomic E-state index is -4.73. The number of rotatable bonds is 7. The van der Waals surface area contributed by atoms with Crippen LogP contribution in [0.15, 0.2) is 66.9 Å². The average Bonchev–Trinajstić information content (AvgIpc) is 3.34. The second-order valence-electron chi connectivity index (χ2n) is 9.74. The van der Waals surface area contributed by atoms with E-state index in [2.05, 4.69) is 24.8 Å². The van der Waals surface area contributed by atoms with Crippen LogP contribution in [0.2, 0.25) is 0 Å². The van der Waals surface area contributed by atoms with Gasteiger partial charge in [-0.05, 0) is 60.5 Å². The van der Waals surface area contributed by atoms with Crippen LogP contribution in [-0.4, -0.2) is 47.8 Å². The topological polar surface area (TPSA) is 62.1 Å². The fraction of sp³-hybridized carbons (Fsp3) is 0.310. The number of carbonyl (C=O) groups is 1. The van der Waals surface area contributed by atoms with Gasteiger partial charge in [-0.25, -0.2) is 4.98 Å². The van der Waals surface area contributed by atoms with Crippen LogP contribution in [0.4, 0.5) is 37.7 Å². The molecule has 222 valence electrons. The van der Waals surface area contributed by atoms with E-state index in [1.165, 1.54) is 28.8 Å². The lowest BCUT2D eigenvalue weighted by Crippen LogP contribution is -2.46. The first-order chi connectivity index (χ1) is 19.9. The van der Waals surface area contributed by atoms with Crippen LogP contribution in [-0.2, 0) is 19.1 Å². The van der Waals surface area contributed by atoms with Crippen molar-refractivity contribution < 1.29 is 35.9 Å². The number of benzene rings is 2. The molecule has 4 aromatic rings. The van der Waals surface area contributed by atoms with Crippen molar-refractivity contribution in [1.82, 2.24) is 14.7 Å². The highest BCUT2D eigenvalue weighted by molar-refractivity contribution is 5.95. The summed E-state index contributed by atoms with van der Waals surface area (Å²) in [5.41, 5.74) is 1.76.